The molecule has 1 heterocycles. The summed E-state index contributed by atoms with van der Waals surface area (Å²) in [4.78, 5) is 71.5. The van der Waals surface area contributed by atoms with Gasteiger partial charge in [-0.3, -0.25) is 28.9 Å². The van der Waals surface area contributed by atoms with Crippen LogP contribution in [0.5, 0.6) is 0 Å². The Morgan fingerprint density at radius 3 is 1.85 bits per heavy atom. The summed E-state index contributed by atoms with van der Waals surface area (Å²) in [6.45, 7) is 16.1. The molecule has 4 N–H and O–H groups in total. The van der Waals surface area contributed by atoms with Crippen LogP contribution in [0.2, 0.25) is 0 Å². The van der Waals surface area contributed by atoms with Crippen molar-refractivity contribution in [2.45, 2.75) is 89.9 Å². The molecule has 3 fully saturated rings. The topological polar surface area (TPSA) is 146 Å². The summed E-state index contributed by atoms with van der Waals surface area (Å²) in [5.74, 6) is -1.85. The van der Waals surface area contributed by atoms with E-state index in [-0.39, 0.29) is 48.3 Å². The van der Waals surface area contributed by atoms with Crippen LogP contribution in [-0.4, -0.2) is 90.3 Å². The van der Waals surface area contributed by atoms with Crippen molar-refractivity contribution in [1.29, 1.82) is 0 Å². The van der Waals surface area contributed by atoms with Crippen LogP contribution in [0.3, 0.4) is 0 Å². The SMILES string of the molecule is C=C(C)C(=O)C1(NC(=O)[C@H](Cc2ccccc2)NC(=O)C2(NC(=O)[C@H](CCc3ccccc3)NC(=O)CN3CCOCC3)CC2C(C)C)CC1C(C)C. The highest BCUT2D eigenvalue weighted by Gasteiger charge is 2.64. The second-order valence-corrected chi connectivity index (χ2v) is 15.9. The number of aryl methyl sites for hydroxylation is 1. The van der Waals surface area contributed by atoms with Crippen LogP contribution < -0.4 is 21.3 Å². The molecule has 0 aromatic heterocycles. The molecule has 0 radical (unpaired) electrons. The fraction of sp³-hybridized carbons (Fsp3) is 0.548. The Balaban J connectivity index is 1.36. The fourth-order valence-electron chi connectivity index (χ4n) is 7.88. The van der Waals surface area contributed by atoms with Gasteiger partial charge in [-0.25, -0.2) is 0 Å². The molecule has 2 aromatic carbocycles. The predicted octanol–water partition coefficient (Wildman–Crippen LogP) is 3.37. The summed E-state index contributed by atoms with van der Waals surface area (Å²) in [6, 6.07) is 17.2. The van der Waals surface area contributed by atoms with Crippen LogP contribution >= 0.6 is 0 Å². The lowest BCUT2D eigenvalue weighted by Gasteiger charge is -2.29. The summed E-state index contributed by atoms with van der Waals surface area (Å²) in [6.07, 6.45) is 1.97. The van der Waals surface area contributed by atoms with Crippen molar-refractivity contribution in [3.63, 3.8) is 0 Å². The minimum Gasteiger partial charge on any atom is -0.379 e. The number of hydrogen-bond donors (Lipinski definition) is 4. The first-order valence-electron chi connectivity index (χ1n) is 19.1. The zero-order valence-electron chi connectivity index (χ0n) is 31.9. The van der Waals surface area contributed by atoms with E-state index in [2.05, 4.69) is 27.8 Å². The third-order valence-corrected chi connectivity index (χ3v) is 11.1. The third kappa shape index (κ3) is 9.80. The number of hydrogen-bond acceptors (Lipinski definition) is 7. The van der Waals surface area contributed by atoms with E-state index in [1.807, 2.05) is 93.3 Å². The Bertz CT molecular complexity index is 1640. The number of ether oxygens (including phenoxy) is 1. The van der Waals surface area contributed by atoms with Gasteiger partial charge in [0, 0.05) is 19.5 Å². The van der Waals surface area contributed by atoms with Gasteiger partial charge in [-0.15, -0.1) is 0 Å². The summed E-state index contributed by atoms with van der Waals surface area (Å²) >= 11 is 0. The number of ketones is 1. The Morgan fingerprint density at radius 2 is 1.30 bits per heavy atom. The van der Waals surface area contributed by atoms with Crippen molar-refractivity contribution in [3.8, 4) is 0 Å². The summed E-state index contributed by atoms with van der Waals surface area (Å²) in [5, 5.41) is 12.1. The molecule has 3 aliphatic rings. The molecule has 6 atom stereocenters. The van der Waals surface area contributed by atoms with Gasteiger partial charge in [0.25, 0.3) is 0 Å². The lowest BCUT2D eigenvalue weighted by atomic mass is 9.95. The molecular formula is C42H57N5O6. The molecular weight excluding hydrogens is 670 g/mol. The van der Waals surface area contributed by atoms with E-state index in [0.29, 0.717) is 57.6 Å². The van der Waals surface area contributed by atoms with Gasteiger partial charge >= 0.3 is 0 Å². The summed E-state index contributed by atoms with van der Waals surface area (Å²) in [5.41, 5.74) is -0.0995. The van der Waals surface area contributed by atoms with Gasteiger partial charge in [-0.05, 0) is 73.0 Å². The van der Waals surface area contributed by atoms with E-state index < -0.39 is 40.9 Å². The van der Waals surface area contributed by atoms with Crippen molar-refractivity contribution in [1.82, 2.24) is 26.2 Å². The van der Waals surface area contributed by atoms with Crippen molar-refractivity contribution >= 4 is 29.4 Å². The molecule has 2 saturated carbocycles. The molecule has 1 saturated heterocycles. The van der Waals surface area contributed by atoms with E-state index in [1.165, 1.54) is 0 Å². The number of carbonyl (C=O) groups excluding carboxylic acids is 5. The molecule has 11 nitrogen and oxygen atoms in total. The summed E-state index contributed by atoms with van der Waals surface area (Å²) < 4.78 is 5.42. The number of nitrogens with zero attached hydrogens (tertiary/aromatic N) is 1. The smallest absolute Gasteiger partial charge is 0.246 e. The highest BCUT2D eigenvalue weighted by molar-refractivity contribution is 6.07. The van der Waals surface area contributed by atoms with Crippen molar-refractivity contribution in [2.75, 3.05) is 32.8 Å². The summed E-state index contributed by atoms with van der Waals surface area (Å²) in [7, 11) is 0. The third-order valence-electron chi connectivity index (χ3n) is 11.1. The predicted molar refractivity (Wildman–Crippen MR) is 203 cm³/mol. The Kier molecular flexibility index (Phi) is 12.9. The van der Waals surface area contributed by atoms with Crippen LogP contribution in [0.15, 0.2) is 72.8 Å². The van der Waals surface area contributed by atoms with Crippen LogP contribution in [0, 0.1) is 23.7 Å². The lowest BCUT2D eigenvalue weighted by molar-refractivity contribution is -0.136. The maximum absolute atomic E-state index is 14.5. The number of morpholine rings is 1. The van der Waals surface area contributed by atoms with Crippen molar-refractivity contribution in [3.05, 3.63) is 83.9 Å². The lowest BCUT2D eigenvalue weighted by Crippen LogP contribution is -2.61. The molecule has 0 bridgehead atoms. The molecule has 53 heavy (non-hydrogen) atoms. The minimum absolute atomic E-state index is 0.0469. The van der Waals surface area contributed by atoms with Crippen LogP contribution in [0.25, 0.3) is 0 Å². The second kappa shape index (κ2) is 17.2. The first-order valence-corrected chi connectivity index (χ1v) is 19.1. The molecule has 5 rings (SSSR count). The Morgan fingerprint density at radius 1 is 0.774 bits per heavy atom. The zero-order chi connectivity index (χ0) is 38.3. The van der Waals surface area contributed by atoms with Gasteiger partial charge < -0.3 is 26.0 Å². The molecule has 4 amide bonds. The van der Waals surface area contributed by atoms with Crippen LogP contribution in [0.1, 0.15) is 65.0 Å². The normalized spacial score (nSPS) is 24.8. The Labute approximate surface area is 314 Å². The molecule has 2 aliphatic carbocycles. The van der Waals surface area contributed by atoms with E-state index in [4.69, 9.17) is 4.74 Å². The van der Waals surface area contributed by atoms with Gasteiger partial charge in [-0.1, -0.05) is 94.9 Å². The number of carbonyl (C=O) groups is 5. The monoisotopic (exact) mass is 727 g/mol. The highest BCUT2D eigenvalue weighted by atomic mass is 16.5. The van der Waals surface area contributed by atoms with Gasteiger partial charge in [0.15, 0.2) is 5.78 Å². The van der Waals surface area contributed by atoms with E-state index in [0.717, 1.165) is 11.1 Å². The molecule has 286 valence electrons. The number of rotatable bonds is 18. The molecule has 11 heteroatoms. The minimum atomic E-state index is -1.27. The molecule has 1 aliphatic heterocycles. The first-order chi connectivity index (χ1) is 25.3. The van der Waals surface area contributed by atoms with Crippen LogP contribution in [-0.2, 0) is 41.6 Å². The van der Waals surface area contributed by atoms with Crippen molar-refractivity contribution in [2.24, 2.45) is 23.7 Å². The fourth-order valence-corrected chi connectivity index (χ4v) is 7.88. The van der Waals surface area contributed by atoms with E-state index in [1.54, 1.807) is 6.92 Å². The molecule has 4 unspecified atom stereocenters. The highest BCUT2D eigenvalue weighted by Crippen LogP contribution is 2.51. The van der Waals surface area contributed by atoms with Crippen molar-refractivity contribution < 1.29 is 28.7 Å². The van der Waals surface area contributed by atoms with Gasteiger partial charge in [0.1, 0.15) is 23.2 Å². The number of amides is 4. The first kappa shape index (κ1) is 39.8. The average Bonchev–Trinajstić information content (AvgIpc) is 4.05. The standard InChI is InChI=1S/C42H57N5O6/c1-27(2)32-24-41(32,37(49)29(5)6)45-39(51)35(23-31-15-11-8-12-16-31)44-40(52)42(25-33(42)28(3)4)46-38(50)34(18-17-30-13-9-7-10-14-30)43-36(48)26-47-19-21-53-22-20-47/h7-16,27-28,32-35H,5,17-26H2,1-4,6H3,(H,43,48)(H,44,52)(H,45,51)(H,46,50)/t32?,33?,34-,35-,41?,42?/m0/s1. The largest absolute Gasteiger partial charge is 0.379 e. The van der Waals surface area contributed by atoms with Crippen LogP contribution in [0.4, 0.5) is 0 Å². The number of benzene rings is 2. The molecule has 2 aromatic rings. The number of Topliss-reactive ketones (excluding diaryl/α,β-unsaturated/α-hetero) is 1. The van der Waals surface area contributed by atoms with E-state index in [9.17, 15) is 24.0 Å². The quantitative estimate of drug-likeness (QED) is 0.172. The maximum atomic E-state index is 14.5. The number of nitrogens with one attached hydrogen (secondary N) is 4. The zero-order valence-corrected chi connectivity index (χ0v) is 31.9. The molecule has 0 spiro atoms. The second-order valence-electron chi connectivity index (χ2n) is 15.9. The van der Waals surface area contributed by atoms with Gasteiger partial charge in [0.2, 0.25) is 23.6 Å². The van der Waals surface area contributed by atoms with Gasteiger partial charge in [0.05, 0.1) is 19.8 Å². The van der Waals surface area contributed by atoms with E-state index >= 15 is 0 Å². The Hall–Kier alpha value is -4.35. The van der Waals surface area contributed by atoms with Gasteiger partial charge in [-0.2, -0.15) is 0 Å². The average molecular weight is 728 g/mol. The maximum Gasteiger partial charge on any atom is 0.246 e.